The normalized spacial score (nSPS) is 14.7. The zero-order chi connectivity index (χ0) is 23.8. The first-order chi connectivity index (χ1) is 16.5. The lowest BCUT2D eigenvalue weighted by molar-refractivity contribution is -0.121. The van der Waals surface area contributed by atoms with Crippen LogP contribution in [0.25, 0.3) is 0 Å². The molecule has 3 aromatic carbocycles. The summed E-state index contributed by atoms with van der Waals surface area (Å²) >= 11 is 0. The zero-order valence-electron chi connectivity index (χ0n) is 19.3. The quantitative estimate of drug-likeness (QED) is 0.449. The summed E-state index contributed by atoms with van der Waals surface area (Å²) in [6.45, 7) is 0. The molecule has 0 heterocycles. The van der Waals surface area contributed by atoms with Crippen molar-refractivity contribution in [3.8, 4) is 0 Å². The molecule has 178 valence electrons. The maximum absolute atomic E-state index is 12.8. The van der Waals surface area contributed by atoms with E-state index in [2.05, 4.69) is 10.0 Å². The van der Waals surface area contributed by atoms with E-state index in [1.54, 1.807) is 24.3 Å². The van der Waals surface area contributed by atoms with Gasteiger partial charge in [-0.1, -0.05) is 92.1 Å². The van der Waals surface area contributed by atoms with Crippen molar-refractivity contribution in [2.45, 2.75) is 61.9 Å². The van der Waals surface area contributed by atoms with Crippen LogP contribution in [0.15, 0.2) is 89.8 Å². The lowest BCUT2D eigenvalue weighted by Gasteiger charge is -2.22. The molecule has 5 nitrogen and oxygen atoms in total. The van der Waals surface area contributed by atoms with E-state index >= 15 is 0 Å². The van der Waals surface area contributed by atoms with Gasteiger partial charge in [-0.25, -0.2) is 13.1 Å². The smallest absolute Gasteiger partial charge is 0.240 e. The summed E-state index contributed by atoms with van der Waals surface area (Å²) < 4.78 is 28.2. The Hall–Kier alpha value is -2.96. The fourth-order valence-corrected chi connectivity index (χ4v) is 5.79. The standard InChI is InChI=1S/C28H32N2O3S/c31-27(29-28(23-10-4-1-5-11-23)24-12-6-2-7-13-24)21-18-22-16-19-26(20-17-22)34(32,33)30-25-14-8-3-9-15-25/h1-2,4-7,10-13,16-17,19-20,25,28,30H,3,8-9,14-15,18,21H2,(H,29,31). The summed E-state index contributed by atoms with van der Waals surface area (Å²) in [6.07, 6.45) is 5.99. The molecular formula is C28H32N2O3S. The van der Waals surface area contributed by atoms with Crippen LogP contribution in [0, 0.1) is 0 Å². The van der Waals surface area contributed by atoms with Gasteiger partial charge >= 0.3 is 0 Å². The number of rotatable bonds is 9. The summed E-state index contributed by atoms with van der Waals surface area (Å²) in [5, 5.41) is 3.16. The fourth-order valence-electron chi connectivity index (χ4n) is 4.48. The Labute approximate surface area is 202 Å². The second-order valence-electron chi connectivity index (χ2n) is 8.92. The molecule has 1 aliphatic rings. The van der Waals surface area contributed by atoms with E-state index in [9.17, 15) is 13.2 Å². The minimum Gasteiger partial charge on any atom is -0.345 e. The zero-order valence-corrected chi connectivity index (χ0v) is 20.1. The predicted molar refractivity (Wildman–Crippen MR) is 135 cm³/mol. The van der Waals surface area contributed by atoms with E-state index in [1.165, 1.54) is 6.42 Å². The van der Waals surface area contributed by atoms with Gasteiger partial charge in [0, 0.05) is 12.5 Å². The number of hydrogen-bond acceptors (Lipinski definition) is 3. The molecule has 0 unspecified atom stereocenters. The maximum Gasteiger partial charge on any atom is 0.240 e. The van der Waals surface area contributed by atoms with Crippen molar-refractivity contribution < 1.29 is 13.2 Å². The highest BCUT2D eigenvalue weighted by molar-refractivity contribution is 7.89. The lowest BCUT2D eigenvalue weighted by atomic mass is 9.96. The first kappa shape index (κ1) is 24.2. The Bertz CT molecular complexity index is 1120. The third kappa shape index (κ3) is 6.55. The molecule has 0 saturated heterocycles. The van der Waals surface area contributed by atoms with Crippen LogP contribution in [0.3, 0.4) is 0 Å². The van der Waals surface area contributed by atoms with E-state index in [0.29, 0.717) is 12.8 Å². The third-order valence-corrected chi connectivity index (χ3v) is 7.91. The molecule has 0 bridgehead atoms. The van der Waals surface area contributed by atoms with Crippen LogP contribution in [-0.2, 0) is 21.2 Å². The number of amides is 1. The molecule has 1 fully saturated rings. The summed E-state index contributed by atoms with van der Waals surface area (Å²) in [4.78, 5) is 13.1. The number of aryl methyl sites for hydroxylation is 1. The van der Waals surface area contributed by atoms with Gasteiger partial charge in [0.05, 0.1) is 10.9 Å². The molecule has 1 aliphatic carbocycles. The van der Waals surface area contributed by atoms with E-state index in [1.807, 2.05) is 60.7 Å². The Morgan fingerprint density at radius 2 is 1.35 bits per heavy atom. The maximum atomic E-state index is 12.8. The van der Waals surface area contributed by atoms with Crippen molar-refractivity contribution in [1.29, 1.82) is 0 Å². The van der Waals surface area contributed by atoms with Crippen molar-refractivity contribution in [2.24, 2.45) is 0 Å². The van der Waals surface area contributed by atoms with Gasteiger partial charge < -0.3 is 5.32 Å². The van der Waals surface area contributed by atoms with Crippen molar-refractivity contribution in [1.82, 2.24) is 10.0 Å². The molecule has 34 heavy (non-hydrogen) atoms. The van der Waals surface area contributed by atoms with Crippen LogP contribution in [-0.4, -0.2) is 20.4 Å². The molecule has 3 aromatic rings. The minimum absolute atomic E-state index is 0.0318. The van der Waals surface area contributed by atoms with Crippen molar-refractivity contribution in [2.75, 3.05) is 0 Å². The van der Waals surface area contributed by atoms with Gasteiger partial charge in [0.15, 0.2) is 0 Å². The van der Waals surface area contributed by atoms with E-state index < -0.39 is 10.0 Å². The number of hydrogen-bond donors (Lipinski definition) is 2. The monoisotopic (exact) mass is 476 g/mol. The van der Waals surface area contributed by atoms with Crippen LogP contribution in [0.4, 0.5) is 0 Å². The molecule has 0 radical (unpaired) electrons. The second-order valence-corrected chi connectivity index (χ2v) is 10.6. The Morgan fingerprint density at radius 3 is 1.91 bits per heavy atom. The minimum atomic E-state index is -3.51. The van der Waals surface area contributed by atoms with Crippen LogP contribution < -0.4 is 10.0 Å². The average Bonchev–Trinajstić information content (AvgIpc) is 2.88. The van der Waals surface area contributed by atoms with Gasteiger partial charge in [-0.15, -0.1) is 0 Å². The highest BCUT2D eigenvalue weighted by atomic mass is 32.2. The van der Waals surface area contributed by atoms with Gasteiger partial charge in [-0.05, 0) is 48.1 Å². The lowest BCUT2D eigenvalue weighted by Crippen LogP contribution is -2.36. The Balaban J connectivity index is 1.36. The number of nitrogens with one attached hydrogen (secondary N) is 2. The predicted octanol–water partition coefficient (Wildman–Crippen LogP) is 5.14. The molecule has 6 heteroatoms. The van der Waals surface area contributed by atoms with Crippen molar-refractivity contribution >= 4 is 15.9 Å². The highest BCUT2D eigenvalue weighted by Crippen LogP contribution is 2.23. The first-order valence-corrected chi connectivity index (χ1v) is 13.5. The summed E-state index contributed by atoms with van der Waals surface area (Å²) in [5.74, 6) is -0.0478. The molecule has 0 aromatic heterocycles. The van der Waals surface area contributed by atoms with Crippen LogP contribution in [0.2, 0.25) is 0 Å². The van der Waals surface area contributed by atoms with Crippen LogP contribution in [0.1, 0.15) is 61.3 Å². The third-order valence-electron chi connectivity index (χ3n) is 6.37. The number of carbonyl (C=O) groups is 1. The van der Waals surface area contributed by atoms with E-state index in [0.717, 1.165) is 42.4 Å². The van der Waals surface area contributed by atoms with Crippen molar-refractivity contribution in [3.63, 3.8) is 0 Å². The molecular weight excluding hydrogens is 444 g/mol. The molecule has 1 saturated carbocycles. The van der Waals surface area contributed by atoms with Gasteiger partial charge in [0.2, 0.25) is 15.9 Å². The molecule has 0 aliphatic heterocycles. The molecule has 0 atom stereocenters. The van der Waals surface area contributed by atoms with Crippen LogP contribution >= 0.6 is 0 Å². The average molecular weight is 477 g/mol. The largest absolute Gasteiger partial charge is 0.345 e. The Morgan fingerprint density at radius 1 is 0.794 bits per heavy atom. The molecule has 2 N–H and O–H groups in total. The number of benzene rings is 3. The SMILES string of the molecule is O=C(CCc1ccc(S(=O)(=O)NC2CCCCC2)cc1)NC(c1ccccc1)c1ccccc1. The highest BCUT2D eigenvalue weighted by Gasteiger charge is 2.22. The summed E-state index contributed by atoms with van der Waals surface area (Å²) in [7, 11) is -3.51. The first-order valence-electron chi connectivity index (χ1n) is 12.0. The van der Waals surface area contributed by atoms with E-state index in [4.69, 9.17) is 0 Å². The fraction of sp³-hybridized carbons (Fsp3) is 0.321. The molecule has 0 spiro atoms. The Kier molecular flexibility index (Phi) is 8.14. The topological polar surface area (TPSA) is 75.3 Å². The second kappa shape index (κ2) is 11.4. The van der Waals surface area contributed by atoms with Gasteiger partial charge in [-0.3, -0.25) is 4.79 Å². The molecule has 4 rings (SSSR count). The molecule has 1 amide bonds. The summed E-state index contributed by atoms with van der Waals surface area (Å²) in [5.41, 5.74) is 2.99. The van der Waals surface area contributed by atoms with Gasteiger partial charge in [-0.2, -0.15) is 0 Å². The van der Waals surface area contributed by atoms with Gasteiger partial charge in [0.1, 0.15) is 0 Å². The number of carbonyl (C=O) groups excluding carboxylic acids is 1. The van der Waals surface area contributed by atoms with Gasteiger partial charge in [0.25, 0.3) is 0 Å². The summed E-state index contributed by atoms with van der Waals surface area (Å²) in [6, 6.07) is 26.5. The van der Waals surface area contributed by atoms with Crippen LogP contribution in [0.5, 0.6) is 0 Å². The van der Waals surface area contributed by atoms with E-state index in [-0.39, 0.29) is 22.9 Å². The number of sulfonamides is 1. The van der Waals surface area contributed by atoms with Crippen molar-refractivity contribution in [3.05, 3.63) is 102 Å².